The van der Waals surface area contributed by atoms with Gasteiger partial charge in [-0.1, -0.05) is 0 Å². The van der Waals surface area contributed by atoms with Gasteiger partial charge in [0.05, 0.1) is 11.6 Å². The minimum atomic E-state index is -0.208. The van der Waals surface area contributed by atoms with Gasteiger partial charge in [-0.2, -0.15) is 5.26 Å². The zero-order valence-corrected chi connectivity index (χ0v) is 10.4. The molecule has 6 heteroatoms. The molecule has 0 spiro atoms. The molecule has 18 heavy (non-hydrogen) atoms. The highest BCUT2D eigenvalue weighted by atomic mass is 32.2. The van der Waals surface area contributed by atoms with Gasteiger partial charge in [-0.15, -0.1) is 0 Å². The molecule has 1 aromatic carbocycles. The monoisotopic (exact) mass is 258 g/mol. The highest BCUT2D eigenvalue weighted by Crippen LogP contribution is 2.30. The summed E-state index contributed by atoms with van der Waals surface area (Å²) in [6, 6.07) is 8.43. The molecule has 0 saturated heterocycles. The first kappa shape index (κ1) is 12.2. The number of nitrogens with zero attached hydrogens (tertiary/aromatic N) is 2. The third-order valence-corrected chi connectivity index (χ3v) is 3.16. The van der Waals surface area contributed by atoms with Gasteiger partial charge in [0.25, 0.3) is 5.56 Å². The van der Waals surface area contributed by atoms with Crippen LogP contribution < -0.4 is 11.3 Å². The van der Waals surface area contributed by atoms with E-state index in [1.807, 2.05) is 6.07 Å². The summed E-state index contributed by atoms with van der Waals surface area (Å²) in [4.78, 5) is 18.8. The number of hydrogen-bond acceptors (Lipinski definition) is 5. The lowest BCUT2D eigenvalue weighted by molar-refractivity contribution is 0.905. The van der Waals surface area contributed by atoms with Crippen molar-refractivity contribution in [1.29, 1.82) is 5.26 Å². The highest BCUT2D eigenvalue weighted by Gasteiger charge is 2.06. The van der Waals surface area contributed by atoms with Crippen LogP contribution in [-0.2, 0) is 0 Å². The summed E-state index contributed by atoms with van der Waals surface area (Å²) in [5, 5.41) is 9.29. The number of nitriles is 1. The van der Waals surface area contributed by atoms with E-state index in [1.54, 1.807) is 25.1 Å². The third kappa shape index (κ3) is 2.70. The molecule has 0 bridgehead atoms. The third-order valence-electron chi connectivity index (χ3n) is 2.20. The first-order chi connectivity index (χ1) is 8.58. The Balaban J connectivity index is 2.39. The van der Waals surface area contributed by atoms with E-state index in [9.17, 15) is 4.79 Å². The van der Waals surface area contributed by atoms with Crippen LogP contribution in [0.2, 0.25) is 0 Å². The minimum absolute atomic E-state index is 0.208. The van der Waals surface area contributed by atoms with Crippen LogP contribution in [0.1, 0.15) is 11.3 Å². The van der Waals surface area contributed by atoms with Gasteiger partial charge in [0.1, 0.15) is 0 Å². The predicted molar refractivity (Wildman–Crippen MR) is 69.3 cm³/mol. The highest BCUT2D eigenvalue weighted by molar-refractivity contribution is 7.99. The van der Waals surface area contributed by atoms with Crippen molar-refractivity contribution >= 4 is 17.4 Å². The first-order valence-corrected chi connectivity index (χ1v) is 5.95. The zero-order valence-electron chi connectivity index (χ0n) is 9.60. The zero-order chi connectivity index (χ0) is 13.1. The van der Waals surface area contributed by atoms with Gasteiger partial charge in [-0.25, -0.2) is 4.98 Å². The number of anilines is 1. The van der Waals surface area contributed by atoms with E-state index < -0.39 is 0 Å². The van der Waals surface area contributed by atoms with Crippen LogP contribution in [0, 0.1) is 18.3 Å². The molecule has 0 saturated carbocycles. The van der Waals surface area contributed by atoms with E-state index in [1.165, 1.54) is 17.8 Å². The Morgan fingerprint density at radius 3 is 2.89 bits per heavy atom. The molecule has 2 aromatic rings. The number of aromatic nitrogens is 2. The summed E-state index contributed by atoms with van der Waals surface area (Å²) < 4.78 is 0. The lowest BCUT2D eigenvalue weighted by Gasteiger charge is -2.05. The average Bonchev–Trinajstić information content (AvgIpc) is 2.30. The van der Waals surface area contributed by atoms with Gasteiger partial charge >= 0.3 is 0 Å². The lowest BCUT2D eigenvalue weighted by Crippen LogP contribution is -2.08. The second-order valence-electron chi connectivity index (χ2n) is 3.66. The van der Waals surface area contributed by atoms with Crippen LogP contribution in [0.5, 0.6) is 0 Å². The second kappa shape index (κ2) is 4.94. The van der Waals surface area contributed by atoms with Crippen molar-refractivity contribution in [3.05, 3.63) is 45.9 Å². The lowest BCUT2D eigenvalue weighted by atomic mass is 10.2. The minimum Gasteiger partial charge on any atom is -0.398 e. The standard InChI is InChI=1S/C12H10N4OS/c1-7-4-11(17)16-12(15-7)18-10-5-8(6-13)2-3-9(10)14/h2-5H,14H2,1H3,(H,15,16,17). The molecule has 0 aliphatic rings. The fourth-order valence-corrected chi connectivity index (χ4v) is 2.32. The molecule has 1 aromatic heterocycles. The van der Waals surface area contributed by atoms with Crippen molar-refractivity contribution in [2.75, 3.05) is 5.73 Å². The SMILES string of the molecule is Cc1cc(=O)[nH]c(Sc2cc(C#N)ccc2N)n1. The van der Waals surface area contributed by atoms with E-state index in [0.29, 0.717) is 27.0 Å². The van der Waals surface area contributed by atoms with E-state index >= 15 is 0 Å². The number of rotatable bonds is 2. The van der Waals surface area contributed by atoms with Crippen molar-refractivity contribution in [3.8, 4) is 6.07 Å². The summed E-state index contributed by atoms with van der Waals surface area (Å²) in [6.45, 7) is 1.74. The molecule has 0 aliphatic carbocycles. The smallest absolute Gasteiger partial charge is 0.251 e. The Bertz CT molecular complexity index is 687. The second-order valence-corrected chi connectivity index (χ2v) is 4.69. The Morgan fingerprint density at radius 1 is 1.44 bits per heavy atom. The van der Waals surface area contributed by atoms with Crippen LogP contribution in [0.25, 0.3) is 0 Å². The number of benzene rings is 1. The van der Waals surface area contributed by atoms with Crippen molar-refractivity contribution < 1.29 is 0 Å². The van der Waals surface area contributed by atoms with E-state index in [-0.39, 0.29) is 5.56 Å². The molecule has 90 valence electrons. The van der Waals surface area contributed by atoms with Gasteiger partial charge in [0.2, 0.25) is 0 Å². The summed E-state index contributed by atoms with van der Waals surface area (Å²) >= 11 is 1.23. The molecule has 0 amide bonds. The number of aryl methyl sites for hydroxylation is 1. The van der Waals surface area contributed by atoms with Gasteiger partial charge < -0.3 is 10.7 Å². The number of nitrogens with two attached hydrogens (primary N) is 1. The molecule has 0 atom stereocenters. The molecule has 0 radical (unpaired) electrons. The molecular formula is C12H10N4OS. The van der Waals surface area contributed by atoms with Gasteiger partial charge in [0, 0.05) is 22.3 Å². The van der Waals surface area contributed by atoms with E-state index in [0.717, 1.165) is 0 Å². The molecular weight excluding hydrogens is 248 g/mol. The molecule has 0 unspecified atom stereocenters. The van der Waals surface area contributed by atoms with Crippen LogP contribution >= 0.6 is 11.8 Å². The maximum absolute atomic E-state index is 11.3. The Hall–Kier alpha value is -2.26. The number of H-pyrrole nitrogens is 1. The normalized spacial score (nSPS) is 10.0. The van der Waals surface area contributed by atoms with Crippen LogP contribution in [0.15, 0.2) is 39.1 Å². The van der Waals surface area contributed by atoms with Gasteiger partial charge in [-0.3, -0.25) is 4.79 Å². The molecule has 1 heterocycles. The summed E-state index contributed by atoms with van der Waals surface area (Å²) in [6.07, 6.45) is 0. The number of aromatic amines is 1. The quantitative estimate of drug-likeness (QED) is 0.631. The van der Waals surface area contributed by atoms with E-state index in [4.69, 9.17) is 11.0 Å². The summed E-state index contributed by atoms with van der Waals surface area (Å²) in [5.74, 6) is 0. The van der Waals surface area contributed by atoms with Crippen molar-refractivity contribution in [2.24, 2.45) is 0 Å². The van der Waals surface area contributed by atoms with E-state index in [2.05, 4.69) is 9.97 Å². The molecule has 0 aliphatic heterocycles. The summed E-state index contributed by atoms with van der Waals surface area (Å²) in [7, 11) is 0. The number of nitrogens with one attached hydrogen (secondary N) is 1. The fourth-order valence-electron chi connectivity index (χ4n) is 1.40. The Morgan fingerprint density at radius 2 is 2.22 bits per heavy atom. The molecule has 5 nitrogen and oxygen atoms in total. The number of nitrogen functional groups attached to an aromatic ring is 1. The summed E-state index contributed by atoms with van der Waals surface area (Å²) in [5.41, 5.74) is 7.31. The fraction of sp³-hybridized carbons (Fsp3) is 0.0833. The topological polar surface area (TPSA) is 95.6 Å². The van der Waals surface area contributed by atoms with Crippen molar-refractivity contribution in [2.45, 2.75) is 17.0 Å². The predicted octanol–water partition coefficient (Wildman–Crippen LogP) is 1.68. The van der Waals surface area contributed by atoms with Crippen LogP contribution in [0.3, 0.4) is 0 Å². The van der Waals surface area contributed by atoms with Crippen LogP contribution in [-0.4, -0.2) is 9.97 Å². The molecule has 0 fully saturated rings. The van der Waals surface area contributed by atoms with Gasteiger partial charge in [0.15, 0.2) is 5.16 Å². The maximum atomic E-state index is 11.3. The average molecular weight is 258 g/mol. The Kier molecular flexibility index (Phi) is 3.35. The molecule has 3 N–H and O–H groups in total. The maximum Gasteiger partial charge on any atom is 0.251 e. The Labute approximate surface area is 108 Å². The van der Waals surface area contributed by atoms with Crippen molar-refractivity contribution in [3.63, 3.8) is 0 Å². The first-order valence-electron chi connectivity index (χ1n) is 5.14. The number of hydrogen-bond donors (Lipinski definition) is 2. The molecule has 2 rings (SSSR count). The van der Waals surface area contributed by atoms with Crippen LogP contribution in [0.4, 0.5) is 5.69 Å². The largest absolute Gasteiger partial charge is 0.398 e. The van der Waals surface area contributed by atoms with Gasteiger partial charge in [-0.05, 0) is 36.9 Å². The van der Waals surface area contributed by atoms with Crippen molar-refractivity contribution in [1.82, 2.24) is 9.97 Å².